The third kappa shape index (κ3) is 5.59. The Labute approximate surface area is 129 Å². The number of aromatic nitrogens is 1. The molecule has 0 aliphatic carbocycles. The van der Waals surface area contributed by atoms with Crippen molar-refractivity contribution < 1.29 is 4.79 Å². The predicted octanol–water partition coefficient (Wildman–Crippen LogP) is 3.57. The molecule has 0 radical (unpaired) electrons. The van der Waals surface area contributed by atoms with Crippen LogP contribution >= 0.6 is 15.9 Å². The minimum absolute atomic E-state index is 0.0185. The number of hydrogen-bond donors (Lipinski definition) is 2. The molecule has 0 saturated carbocycles. The van der Waals surface area contributed by atoms with Gasteiger partial charge in [-0.1, -0.05) is 20.8 Å². The van der Waals surface area contributed by atoms with Gasteiger partial charge in [0.05, 0.1) is 5.69 Å². The fourth-order valence-electron chi connectivity index (χ4n) is 2.21. The molecule has 0 aliphatic rings. The Kier molecular flexibility index (Phi) is 6.62. The highest BCUT2D eigenvalue weighted by atomic mass is 79.9. The molecule has 0 saturated heterocycles. The number of rotatable bonds is 6. The van der Waals surface area contributed by atoms with Gasteiger partial charge in [0.2, 0.25) is 5.91 Å². The molecule has 20 heavy (non-hydrogen) atoms. The lowest BCUT2D eigenvalue weighted by Gasteiger charge is -2.30. The van der Waals surface area contributed by atoms with Gasteiger partial charge in [-0.3, -0.25) is 4.79 Å². The number of pyridine rings is 1. The molecule has 0 aliphatic heterocycles. The van der Waals surface area contributed by atoms with Crippen LogP contribution in [0.2, 0.25) is 0 Å². The molecule has 0 aromatic carbocycles. The highest BCUT2D eigenvalue weighted by Crippen LogP contribution is 2.32. The Balaban J connectivity index is 2.52. The molecule has 1 atom stereocenters. The Morgan fingerprint density at radius 3 is 2.70 bits per heavy atom. The molecule has 4 nitrogen and oxygen atoms in total. The van der Waals surface area contributed by atoms with Gasteiger partial charge in [-0.25, -0.2) is 4.98 Å². The summed E-state index contributed by atoms with van der Waals surface area (Å²) in [5, 5.41) is 2.88. The SMILES string of the molecule is CC(C)(C)C(CCN)CCC(=O)Nc1cccnc1Br. The summed E-state index contributed by atoms with van der Waals surface area (Å²) in [6.45, 7) is 7.26. The lowest BCUT2D eigenvalue weighted by atomic mass is 9.76. The highest BCUT2D eigenvalue weighted by Gasteiger charge is 2.24. The van der Waals surface area contributed by atoms with Crippen LogP contribution in [0, 0.1) is 11.3 Å². The molecule has 3 N–H and O–H groups in total. The average Bonchev–Trinajstić information content (AvgIpc) is 2.36. The molecule has 1 heterocycles. The zero-order valence-corrected chi connectivity index (χ0v) is 14.0. The lowest BCUT2D eigenvalue weighted by Crippen LogP contribution is -2.25. The first-order valence-electron chi connectivity index (χ1n) is 6.95. The first-order chi connectivity index (χ1) is 9.34. The van der Waals surface area contributed by atoms with E-state index in [1.165, 1.54) is 0 Å². The number of halogens is 1. The van der Waals surface area contributed by atoms with E-state index in [9.17, 15) is 4.79 Å². The van der Waals surface area contributed by atoms with Crippen LogP contribution in [0.15, 0.2) is 22.9 Å². The predicted molar refractivity (Wildman–Crippen MR) is 86.4 cm³/mol. The monoisotopic (exact) mass is 341 g/mol. The number of nitrogens with two attached hydrogens (primary N) is 1. The van der Waals surface area contributed by atoms with E-state index in [0.717, 1.165) is 12.8 Å². The summed E-state index contributed by atoms with van der Waals surface area (Å²) in [6, 6.07) is 3.63. The van der Waals surface area contributed by atoms with E-state index in [-0.39, 0.29) is 11.3 Å². The lowest BCUT2D eigenvalue weighted by molar-refractivity contribution is -0.116. The van der Waals surface area contributed by atoms with Crippen molar-refractivity contribution in [2.75, 3.05) is 11.9 Å². The molecular weight excluding hydrogens is 318 g/mol. The number of carbonyl (C=O) groups excluding carboxylic acids is 1. The van der Waals surface area contributed by atoms with Gasteiger partial charge in [0, 0.05) is 12.6 Å². The van der Waals surface area contributed by atoms with Gasteiger partial charge in [0.25, 0.3) is 0 Å². The van der Waals surface area contributed by atoms with Crippen LogP contribution in [0.4, 0.5) is 5.69 Å². The van der Waals surface area contributed by atoms with Gasteiger partial charge < -0.3 is 11.1 Å². The van der Waals surface area contributed by atoms with Gasteiger partial charge >= 0.3 is 0 Å². The van der Waals surface area contributed by atoms with Crippen molar-refractivity contribution in [3.8, 4) is 0 Å². The van der Waals surface area contributed by atoms with Crippen LogP contribution in [-0.2, 0) is 4.79 Å². The summed E-state index contributed by atoms with van der Waals surface area (Å²) in [5.41, 5.74) is 6.55. The van der Waals surface area contributed by atoms with Crippen LogP contribution in [0.5, 0.6) is 0 Å². The second-order valence-corrected chi connectivity index (χ2v) is 6.82. The molecule has 1 unspecified atom stereocenters. The largest absolute Gasteiger partial charge is 0.330 e. The zero-order chi connectivity index (χ0) is 15.2. The molecule has 0 fully saturated rings. The second-order valence-electron chi connectivity index (χ2n) is 6.07. The molecule has 5 heteroatoms. The van der Waals surface area contributed by atoms with Crippen molar-refractivity contribution in [2.45, 2.75) is 40.0 Å². The Morgan fingerprint density at radius 2 is 2.15 bits per heavy atom. The maximum atomic E-state index is 12.0. The zero-order valence-electron chi connectivity index (χ0n) is 12.4. The number of nitrogens with zero attached hydrogens (tertiary/aromatic N) is 1. The normalized spacial score (nSPS) is 13.1. The van der Waals surface area contributed by atoms with Crippen LogP contribution in [0.1, 0.15) is 40.0 Å². The molecule has 0 bridgehead atoms. The molecule has 1 amide bonds. The Hall–Kier alpha value is -0.940. The summed E-state index contributed by atoms with van der Waals surface area (Å²) in [5.74, 6) is 0.473. The smallest absolute Gasteiger partial charge is 0.224 e. The van der Waals surface area contributed by atoms with Crippen molar-refractivity contribution >= 4 is 27.5 Å². The third-order valence-corrected chi connectivity index (χ3v) is 4.12. The summed E-state index contributed by atoms with van der Waals surface area (Å²) < 4.78 is 0.655. The number of nitrogens with one attached hydrogen (secondary N) is 1. The summed E-state index contributed by atoms with van der Waals surface area (Å²) in [7, 11) is 0. The first kappa shape index (κ1) is 17.1. The van der Waals surface area contributed by atoms with Crippen LogP contribution in [-0.4, -0.2) is 17.4 Å². The van der Waals surface area contributed by atoms with Gasteiger partial charge in [0.15, 0.2) is 0 Å². The average molecular weight is 342 g/mol. The number of anilines is 1. The molecular formula is C15H24BrN3O. The maximum Gasteiger partial charge on any atom is 0.224 e. The van der Waals surface area contributed by atoms with E-state index in [1.54, 1.807) is 12.3 Å². The second kappa shape index (κ2) is 7.74. The van der Waals surface area contributed by atoms with Crippen molar-refractivity contribution in [1.82, 2.24) is 4.98 Å². The van der Waals surface area contributed by atoms with E-state index in [1.807, 2.05) is 6.07 Å². The van der Waals surface area contributed by atoms with Crippen LogP contribution in [0.25, 0.3) is 0 Å². The van der Waals surface area contributed by atoms with Gasteiger partial charge in [-0.05, 0) is 58.8 Å². The van der Waals surface area contributed by atoms with E-state index in [0.29, 0.717) is 29.2 Å². The number of hydrogen-bond acceptors (Lipinski definition) is 3. The van der Waals surface area contributed by atoms with Crippen molar-refractivity contribution in [2.24, 2.45) is 17.1 Å². The highest BCUT2D eigenvalue weighted by molar-refractivity contribution is 9.10. The van der Waals surface area contributed by atoms with E-state index in [2.05, 4.69) is 47.0 Å². The van der Waals surface area contributed by atoms with Crippen molar-refractivity contribution in [1.29, 1.82) is 0 Å². The number of amides is 1. The Bertz CT molecular complexity index is 443. The standard InChI is InChI=1S/C15H24BrN3O/c1-15(2,3)11(8-9-17)6-7-13(20)19-12-5-4-10-18-14(12)16/h4-5,10-11H,6-9,17H2,1-3H3,(H,19,20). The minimum Gasteiger partial charge on any atom is -0.330 e. The van der Waals surface area contributed by atoms with Crippen molar-refractivity contribution in [3.05, 3.63) is 22.9 Å². The quantitative estimate of drug-likeness (QED) is 0.777. The first-order valence-corrected chi connectivity index (χ1v) is 7.74. The number of carbonyl (C=O) groups is 1. The summed E-state index contributed by atoms with van der Waals surface area (Å²) in [4.78, 5) is 16.1. The summed E-state index contributed by atoms with van der Waals surface area (Å²) in [6.07, 6.45) is 3.98. The molecule has 1 rings (SSSR count). The van der Waals surface area contributed by atoms with Gasteiger partial charge in [-0.2, -0.15) is 0 Å². The topological polar surface area (TPSA) is 68.0 Å². The molecule has 112 valence electrons. The van der Waals surface area contributed by atoms with Gasteiger partial charge in [0.1, 0.15) is 4.60 Å². The minimum atomic E-state index is 0.0185. The fourth-order valence-corrected chi connectivity index (χ4v) is 2.56. The molecule has 1 aromatic heterocycles. The van der Waals surface area contributed by atoms with E-state index < -0.39 is 0 Å². The molecule has 1 aromatic rings. The fraction of sp³-hybridized carbons (Fsp3) is 0.600. The summed E-state index contributed by atoms with van der Waals surface area (Å²) >= 11 is 3.32. The molecule has 0 spiro atoms. The van der Waals surface area contributed by atoms with Gasteiger partial charge in [-0.15, -0.1) is 0 Å². The maximum absolute atomic E-state index is 12.0. The van der Waals surface area contributed by atoms with Crippen LogP contribution < -0.4 is 11.1 Å². The van der Waals surface area contributed by atoms with Crippen LogP contribution in [0.3, 0.4) is 0 Å². The third-order valence-electron chi connectivity index (χ3n) is 3.49. The van der Waals surface area contributed by atoms with E-state index in [4.69, 9.17) is 5.73 Å². The van der Waals surface area contributed by atoms with Crippen molar-refractivity contribution in [3.63, 3.8) is 0 Å². The Morgan fingerprint density at radius 1 is 1.45 bits per heavy atom. The van der Waals surface area contributed by atoms with E-state index >= 15 is 0 Å².